The summed E-state index contributed by atoms with van der Waals surface area (Å²) >= 11 is 1.71. The molecule has 0 amide bonds. The van der Waals surface area contributed by atoms with Gasteiger partial charge in [-0.05, 0) is 48.9 Å². The summed E-state index contributed by atoms with van der Waals surface area (Å²) in [7, 11) is -3.46. The molecule has 2 aromatic carbocycles. The van der Waals surface area contributed by atoms with Crippen LogP contribution in [0.3, 0.4) is 0 Å². The molecule has 0 heterocycles. The van der Waals surface area contributed by atoms with Gasteiger partial charge in [0.15, 0.2) is 6.61 Å². The predicted octanol–water partition coefficient (Wildman–Crippen LogP) is 3.27. The van der Waals surface area contributed by atoms with Crippen molar-refractivity contribution < 1.29 is 22.7 Å². The maximum Gasteiger partial charge on any atom is 0.344 e. The molecule has 0 fully saturated rings. The Labute approximate surface area is 177 Å². The summed E-state index contributed by atoms with van der Waals surface area (Å²) in [4.78, 5) is 11.6. The second kappa shape index (κ2) is 11.8. The lowest BCUT2D eigenvalue weighted by atomic mass is 10.2. The highest BCUT2D eigenvalue weighted by molar-refractivity contribution is 7.99. The molecule has 0 aliphatic heterocycles. The average Bonchev–Trinajstić information content (AvgIpc) is 2.73. The first-order chi connectivity index (χ1) is 13.9. The fourth-order valence-electron chi connectivity index (χ4n) is 2.44. The lowest BCUT2D eigenvalue weighted by Crippen LogP contribution is -2.29. The molecule has 2 rings (SSSR count). The molecule has 6 nitrogen and oxygen atoms in total. The van der Waals surface area contributed by atoms with Crippen LogP contribution in [0, 0.1) is 0 Å². The van der Waals surface area contributed by atoms with E-state index in [1.165, 1.54) is 0 Å². The van der Waals surface area contributed by atoms with Gasteiger partial charge in [-0.1, -0.05) is 37.3 Å². The van der Waals surface area contributed by atoms with E-state index in [1.54, 1.807) is 49.0 Å². The Morgan fingerprint density at radius 3 is 2.45 bits per heavy atom. The van der Waals surface area contributed by atoms with Crippen molar-refractivity contribution in [2.24, 2.45) is 0 Å². The molecule has 0 aliphatic carbocycles. The van der Waals surface area contributed by atoms with Crippen molar-refractivity contribution >= 4 is 27.8 Å². The highest BCUT2D eigenvalue weighted by Gasteiger charge is 2.14. The Balaban J connectivity index is 1.69. The maximum absolute atomic E-state index is 12.2. The number of aryl methyl sites for hydroxylation is 1. The molecule has 0 saturated heterocycles. The van der Waals surface area contributed by atoms with E-state index >= 15 is 0 Å². The van der Waals surface area contributed by atoms with E-state index in [4.69, 9.17) is 9.47 Å². The van der Waals surface area contributed by atoms with Crippen molar-refractivity contribution in [2.75, 3.05) is 25.5 Å². The van der Waals surface area contributed by atoms with Gasteiger partial charge in [0.1, 0.15) is 5.75 Å². The summed E-state index contributed by atoms with van der Waals surface area (Å²) in [5.41, 5.74) is 1.15. The zero-order chi connectivity index (χ0) is 21.1. The van der Waals surface area contributed by atoms with Crippen LogP contribution in [0.4, 0.5) is 0 Å². The van der Waals surface area contributed by atoms with E-state index in [1.807, 2.05) is 31.2 Å². The van der Waals surface area contributed by atoms with Gasteiger partial charge in [0.2, 0.25) is 10.0 Å². The Morgan fingerprint density at radius 2 is 1.79 bits per heavy atom. The van der Waals surface area contributed by atoms with E-state index in [2.05, 4.69) is 4.72 Å². The third-order valence-electron chi connectivity index (χ3n) is 3.99. The number of sulfonamides is 1. The van der Waals surface area contributed by atoms with Crippen LogP contribution < -0.4 is 9.46 Å². The highest BCUT2D eigenvalue weighted by Crippen LogP contribution is 2.17. The van der Waals surface area contributed by atoms with Gasteiger partial charge in [-0.2, -0.15) is 11.8 Å². The van der Waals surface area contributed by atoms with Crippen LogP contribution >= 0.6 is 11.8 Å². The van der Waals surface area contributed by atoms with Crippen molar-refractivity contribution in [1.29, 1.82) is 0 Å². The Bertz CT molecular complexity index is 854. The van der Waals surface area contributed by atoms with Crippen molar-refractivity contribution in [2.45, 2.75) is 30.4 Å². The van der Waals surface area contributed by atoms with Crippen molar-refractivity contribution in [3.63, 3.8) is 0 Å². The first kappa shape index (κ1) is 23.3. The summed E-state index contributed by atoms with van der Waals surface area (Å²) in [6.45, 7) is 4.38. The smallest absolute Gasteiger partial charge is 0.344 e. The van der Waals surface area contributed by atoms with Crippen LogP contribution in [-0.4, -0.2) is 45.1 Å². The monoisotopic (exact) mass is 437 g/mol. The van der Waals surface area contributed by atoms with Crippen LogP contribution in [0.2, 0.25) is 0 Å². The minimum Gasteiger partial charge on any atom is -0.482 e. The van der Waals surface area contributed by atoms with Crippen molar-refractivity contribution in [1.82, 2.24) is 4.72 Å². The number of carbonyl (C=O) groups is 1. The van der Waals surface area contributed by atoms with Crippen LogP contribution in [0.1, 0.15) is 19.4 Å². The molecule has 158 valence electrons. The number of benzene rings is 2. The van der Waals surface area contributed by atoms with Gasteiger partial charge in [0.25, 0.3) is 0 Å². The standard InChI is InChI=1S/C21H27NO5S2/c1-3-26-21(23)16-27-19-11-9-18(10-12-19)13-14-28-17(2)15-22-29(24,25)20-7-5-4-6-8-20/h4-12,17,22H,3,13-16H2,1-2H3. The Hall–Kier alpha value is -2.03. The van der Waals surface area contributed by atoms with Crippen molar-refractivity contribution in [3.05, 3.63) is 60.2 Å². The van der Waals surface area contributed by atoms with Gasteiger partial charge in [0, 0.05) is 11.8 Å². The molecule has 0 aromatic heterocycles. The van der Waals surface area contributed by atoms with E-state index in [0.717, 1.165) is 17.7 Å². The van der Waals surface area contributed by atoms with E-state index < -0.39 is 10.0 Å². The molecule has 0 saturated carbocycles. The number of carbonyl (C=O) groups excluding carboxylic acids is 1. The number of hydrogen-bond acceptors (Lipinski definition) is 6. The predicted molar refractivity (Wildman–Crippen MR) is 116 cm³/mol. The van der Waals surface area contributed by atoms with Gasteiger partial charge in [-0.25, -0.2) is 17.9 Å². The molecule has 1 N–H and O–H groups in total. The molecule has 2 aromatic rings. The summed E-state index contributed by atoms with van der Waals surface area (Å²) in [5, 5.41) is 0.153. The minimum absolute atomic E-state index is 0.0978. The third-order valence-corrected chi connectivity index (χ3v) is 6.61. The minimum atomic E-state index is -3.46. The molecule has 0 spiro atoms. The first-order valence-corrected chi connectivity index (χ1v) is 12.0. The highest BCUT2D eigenvalue weighted by atomic mass is 32.2. The van der Waals surface area contributed by atoms with Gasteiger partial charge in [-0.3, -0.25) is 0 Å². The van der Waals surface area contributed by atoms with Crippen LogP contribution in [-0.2, 0) is 26.0 Å². The third kappa shape index (κ3) is 8.47. The van der Waals surface area contributed by atoms with Crippen LogP contribution in [0.25, 0.3) is 0 Å². The summed E-state index contributed by atoms with van der Waals surface area (Å²) in [6.07, 6.45) is 0.860. The molecular weight excluding hydrogens is 410 g/mol. The van der Waals surface area contributed by atoms with Crippen LogP contribution in [0.15, 0.2) is 59.5 Å². The average molecular weight is 438 g/mol. The van der Waals surface area contributed by atoms with Crippen molar-refractivity contribution in [3.8, 4) is 5.75 Å². The lowest BCUT2D eigenvalue weighted by Gasteiger charge is -2.13. The Morgan fingerprint density at radius 1 is 1.10 bits per heavy atom. The number of esters is 1. The molecule has 1 unspecified atom stereocenters. The number of thioether (sulfide) groups is 1. The molecule has 8 heteroatoms. The normalized spacial score (nSPS) is 12.3. The summed E-state index contributed by atoms with van der Waals surface area (Å²) in [6, 6.07) is 16.0. The van der Waals surface area contributed by atoms with E-state index in [9.17, 15) is 13.2 Å². The second-order valence-electron chi connectivity index (χ2n) is 6.33. The first-order valence-electron chi connectivity index (χ1n) is 9.44. The zero-order valence-electron chi connectivity index (χ0n) is 16.7. The number of ether oxygens (including phenoxy) is 2. The number of rotatable bonds is 12. The fourth-order valence-corrected chi connectivity index (χ4v) is 4.66. The molecule has 0 radical (unpaired) electrons. The van der Waals surface area contributed by atoms with Gasteiger partial charge in [-0.15, -0.1) is 0 Å². The molecule has 29 heavy (non-hydrogen) atoms. The second-order valence-corrected chi connectivity index (χ2v) is 9.65. The zero-order valence-corrected chi connectivity index (χ0v) is 18.3. The summed E-state index contributed by atoms with van der Waals surface area (Å²) in [5.74, 6) is 1.11. The SMILES string of the molecule is CCOC(=O)COc1ccc(CCSC(C)CNS(=O)(=O)c2ccccc2)cc1. The van der Waals surface area contributed by atoms with Gasteiger partial charge < -0.3 is 9.47 Å². The van der Waals surface area contributed by atoms with E-state index in [-0.39, 0.29) is 22.7 Å². The van der Waals surface area contributed by atoms with E-state index in [0.29, 0.717) is 18.9 Å². The number of hydrogen-bond donors (Lipinski definition) is 1. The molecule has 1 atom stereocenters. The largest absolute Gasteiger partial charge is 0.482 e. The summed E-state index contributed by atoms with van der Waals surface area (Å²) < 4.78 is 37.3. The van der Waals surface area contributed by atoms with Crippen LogP contribution in [0.5, 0.6) is 5.75 Å². The molecule has 0 aliphatic rings. The fraction of sp³-hybridized carbons (Fsp3) is 0.381. The lowest BCUT2D eigenvalue weighted by molar-refractivity contribution is -0.145. The van der Waals surface area contributed by atoms with Gasteiger partial charge >= 0.3 is 5.97 Å². The Kier molecular flexibility index (Phi) is 9.50. The number of nitrogens with one attached hydrogen (secondary N) is 1. The molecular formula is C21H27NO5S2. The quantitative estimate of drug-likeness (QED) is 0.513. The van der Waals surface area contributed by atoms with Gasteiger partial charge in [0.05, 0.1) is 11.5 Å². The molecule has 0 bridgehead atoms. The maximum atomic E-state index is 12.2. The topological polar surface area (TPSA) is 81.7 Å².